The van der Waals surface area contributed by atoms with Gasteiger partial charge < -0.3 is 10.4 Å². The summed E-state index contributed by atoms with van der Waals surface area (Å²) in [6, 6.07) is 7.31. The second kappa shape index (κ2) is 8.76. The van der Waals surface area contributed by atoms with Crippen LogP contribution in [-0.4, -0.2) is 45.6 Å². The number of piperidine rings is 1. The van der Waals surface area contributed by atoms with Crippen LogP contribution in [0.3, 0.4) is 0 Å². The predicted molar refractivity (Wildman–Crippen MR) is 101 cm³/mol. The maximum atomic E-state index is 11.0. The molecule has 138 valence electrons. The highest BCUT2D eigenvalue weighted by Gasteiger charge is 2.21. The van der Waals surface area contributed by atoms with Crippen LogP contribution in [0.2, 0.25) is 0 Å². The molecule has 6 nitrogen and oxygen atoms in total. The molecule has 2 aromatic rings. The summed E-state index contributed by atoms with van der Waals surface area (Å²) in [6.45, 7) is 5.89. The molecule has 26 heavy (non-hydrogen) atoms. The van der Waals surface area contributed by atoms with Gasteiger partial charge in [-0.1, -0.05) is 19.1 Å². The number of nitrogens with one attached hydrogen (secondary N) is 1. The van der Waals surface area contributed by atoms with E-state index in [0.29, 0.717) is 17.4 Å². The van der Waals surface area contributed by atoms with Crippen LogP contribution in [0.15, 0.2) is 36.7 Å². The van der Waals surface area contributed by atoms with E-state index in [0.717, 1.165) is 51.0 Å². The van der Waals surface area contributed by atoms with Gasteiger partial charge in [0.2, 0.25) is 5.95 Å². The van der Waals surface area contributed by atoms with Gasteiger partial charge in [0.15, 0.2) is 0 Å². The minimum Gasteiger partial charge on any atom is -0.478 e. The van der Waals surface area contributed by atoms with E-state index in [1.165, 1.54) is 5.56 Å². The average molecular weight is 354 g/mol. The summed E-state index contributed by atoms with van der Waals surface area (Å²) in [5.41, 5.74) is 2.68. The van der Waals surface area contributed by atoms with E-state index in [-0.39, 0.29) is 0 Å². The van der Waals surface area contributed by atoms with Gasteiger partial charge in [-0.05, 0) is 49.4 Å². The van der Waals surface area contributed by atoms with Crippen molar-refractivity contribution in [2.75, 3.05) is 25.0 Å². The first-order valence-corrected chi connectivity index (χ1v) is 9.26. The Morgan fingerprint density at radius 3 is 2.65 bits per heavy atom. The normalized spacial score (nSPS) is 17.8. The van der Waals surface area contributed by atoms with E-state index < -0.39 is 5.97 Å². The second-order valence-electron chi connectivity index (χ2n) is 6.84. The molecule has 6 heteroatoms. The fraction of sp³-hybridized carbons (Fsp3) is 0.450. The molecule has 1 atom stereocenters. The predicted octanol–water partition coefficient (Wildman–Crippen LogP) is 3.38. The Labute approximate surface area is 154 Å². The highest BCUT2D eigenvalue weighted by atomic mass is 16.4. The molecule has 0 bridgehead atoms. The monoisotopic (exact) mass is 354 g/mol. The number of carboxylic acids is 1. The summed E-state index contributed by atoms with van der Waals surface area (Å²) in [5.74, 6) is 0.252. The van der Waals surface area contributed by atoms with E-state index in [4.69, 9.17) is 5.11 Å². The molecule has 1 fully saturated rings. The van der Waals surface area contributed by atoms with Crippen molar-refractivity contribution in [2.45, 2.75) is 38.6 Å². The quantitative estimate of drug-likeness (QED) is 0.794. The maximum absolute atomic E-state index is 11.0. The van der Waals surface area contributed by atoms with Crippen LogP contribution in [-0.2, 0) is 6.54 Å². The molecule has 1 unspecified atom stereocenters. The van der Waals surface area contributed by atoms with E-state index in [1.54, 1.807) is 12.1 Å². The Balaban J connectivity index is 1.58. The molecule has 3 rings (SSSR count). The Morgan fingerprint density at radius 1 is 1.27 bits per heavy atom. The number of hydrogen-bond acceptors (Lipinski definition) is 5. The van der Waals surface area contributed by atoms with Gasteiger partial charge in [-0.3, -0.25) is 4.90 Å². The van der Waals surface area contributed by atoms with Gasteiger partial charge in [-0.15, -0.1) is 0 Å². The zero-order valence-corrected chi connectivity index (χ0v) is 15.2. The van der Waals surface area contributed by atoms with Crippen molar-refractivity contribution in [3.05, 3.63) is 53.3 Å². The number of nitrogens with zero attached hydrogens (tertiary/aromatic N) is 3. The van der Waals surface area contributed by atoms with Gasteiger partial charge in [0.25, 0.3) is 0 Å². The van der Waals surface area contributed by atoms with Crippen molar-refractivity contribution >= 4 is 11.9 Å². The molecule has 2 heterocycles. The number of benzene rings is 1. The summed E-state index contributed by atoms with van der Waals surface area (Å²) >= 11 is 0. The summed E-state index contributed by atoms with van der Waals surface area (Å²) in [5, 5.41) is 12.2. The summed E-state index contributed by atoms with van der Waals surface area (Å²) in [6.07, 6.45) is 7.13. The zero-order valence-electron chi connectivity index (χ0n) is 15.2. The van der Waals surface area contributed by atoms with E-state index in [2.05, 4.69) is 27.1 Å². The third kappa shape index (κ3) is 4.79. The Morgan fingerprint density at radius 2 is 2.00 bits per heavy atom. The number of anilines is 1. The number of hydrogen-bond donors (Lipinski definition) is 2. The largest absolute Gasteiger partial charge is 0.478 e. The summed E-state index contributed by atoms with van der Waals surface area (Å²) in [4.78, 5) is 22.2. The van der Waals surface area contributed by atoms with Gasteiger partial charge in [0.1, 0.15) is 0 Å². The van der Waals surface area contributed by atoms with Gasteiger partial charge >= 0.3 is 5.97 Å². The standard InChI is InChI=1S/C20H26N4O2/c1-2-9-21-20-22-11-15(12-23-20)13-24-10-3-4-18(14-24)16-5-7-17(8-6-16)19(25)26/h5-8,11-12,18H,2-4,9-10,13-14H2,1H3,(H,25,26)(H,21,22,23). The van der Waals surface area contributed by atoms with Crippen molar-refractivity contribution in [2.24, 2.45) is 0 Å². The fourth-order valence-corrected chi connectivity index (χ4v) is 3.39. The number of carbonyl (C=O) groups is 1. The highest BCUT2D eigenvalue weighted by molar-refractivity contribution is 5.87. The number of carboxylic acid groups (broad SMARTS) is 1. The van der Waals surface area contributed by atoms with Crippen LogP contribution in [0.5, 0.6) is 0 Å². The van der Waals surface area contributed by atoms with E-state index in [9.17, 15) is 4.79 Å². The molecular formula is C20H26N4O2. The molecule has 1 aromatic heterocycles. The van der Waals surface area contributed by atoms with Gasteiger partial charge in [0.05, 0.1) is 5.56 Å². The maximum Gasteiger partial charge on any atom is 0.335 e. The Hall–Kier alpha value is -2.47. The number of rotatable bonds is 7. The zero-order chi connectivity index (χ0) is 18.4. The first-order chi connectivity index (χ1) is 12.7. The molecule has 1 aliphatic heterocycles. The minimum absolute atomic E-state index is 0.343. The molecule has 0 spiro atoms. The SMILES string of the molecule is CCCNc1ncc(CN2CCCC(c3ccc(C(=O)O)cc3)C2)cn1. The van der Waals surface area contributed by atoms with Crippen LogP contribution in [0.25, 0.3) is 0 Å². The van der Waals surface area contributed by atoms with Gasteiger partial charge in [-0.2, -0.15) is 0 Å². The Kier molecular flexibility index (Phi) is 6.17. The van der Waals surface area contributed by atoms with E-state index >= 15 is 0 Å². The van der Waals surface area contributed by atoms with Crippen LogP contribution in [0.4, 0.5) is 5.95 Å². The fourth-order valence-electron chi connectivity index (χ4n) is 3.39. The molecular weight excluding hydrogens is 328 g/mol. The van der Waals surface area contributed by atoms with Crippen molar-refractivity contribution in [3.8, 4) is 0 Å². The van der Waals surface area contributed by atoms with Crippen molar-refractivity contribution in [1.82, 2.24) is 14.9 Å². The second-order valence-corrected chi connectivity index (χ2v) is 6.84. The first-order valence-electron chi connectivity index (χ1n) is 9.26. The number of aromatic carboxylic acids is 1. The average Bonchev–Trinajstić information content (AvgIpc) is 2.68. The van der Waals surface area contributed by atoms with Crippen molar-refractivity contribution < 1.29 is 9.90 Å². The molecule has 0 radical (unpaired) electrons. The molecule has 1 aliphatic rings. The lowest BCUT2D eigenvalue weighted by Gasteiger charge is -2.33. The third-order valence-electron chi connectivity index (χ3n) is 4.78. The third-order valence-corrected chi connectivity index (χ3v) is 4.78. The lowest BCUT2D eigenvalue weighted by molar-refractivity contribution is 0.0697. The molecule has 0 saturated carbocycles. The molecule has 0 aliphatic carbocycles. The van der Waals surface area contributed by atoms with Crippen molar-refractivity contribution in [1.29, 1.82) is 0 Å². The molecule has 1 aromatic carbocycles. The van der Waals surface area contributed by atoms with Crippen LogP contribution in [0.1, 0.15) is 53.6 Å². The van der Waals surface area contributed by atoms with E-state index in [1.807, 2.05) is 24.5 Å². The van der Waals surface area contributed by atoms with Crippen molar-refractivity contribution in [3.63, 3.8) is 0 Å². The van der Waals surface area contributed by atoms with Gasteiger partial charge in [0, 0.05) is 37.6 Å². The van der Waals surface area contributed by atoms with Crippen LogP contribution < -0.4 is 5.32 Å². The lowest BCUT2D eigenvalue weighted by atomic mass is 9.90. The van der Waals surface area contributed by atoms with Crippen LogP contribution >= 0.6 is 0 Å². The molecule has 0 amide bonds. The smallest absolute Gasteiger partial charge is 0.335 e. The van der Waals surface area contributed by atoms with Crippen LogP contribution in [0, 0.1) is 0 Å². The molecule has 2 N–H and O–H groups in total. The first kappa shape index (κ1) is 18.3. The highest BCUT2D eigenvalue weighted by Crippen LogP contribution is 2.28. The van der Waals surface area contributed by atoms with Gasteiger partial charge in [-0.25, -0.2) is 14.8 Å². The minimum atomic E-state index is -0.876. The Bertz CT molecular complexity index is 716. The number of likely N-dealkylation sites (tertiary alicyclic amines) is 1. The lowest BCUT2D eigenvalue weighted by Crippen LogP contribution is -2.34. The molecule has 1 saturated heterocycles. The summed E-state index contributed by atoms with van der Waals surface area (Å²) in [7, 11) is 0. The topological polar surface area (TPSA) is 78.4 Å². The summed E-state index contributed by atoms with van der Waals surface area (Å²) < 4.78 is 0. The number of aromatic nitrogens is 2.